The highest BCUT2D eigenvalue weighted by Crippen LogP contribution is 2.50. The number of nitrogens with two attached hydrogens (primary N) is 1. The number of amides is 2. The molecule has 10 heteroatoms. The first kappa shape index (κ1) is 23.1. The molecule has 4 atom stereocenters. The van der Waals surface area contributed by atoms with Gasteiger partial charge in [0.1, 0.15) is 29.2 Å². The zero-order valence-electron chi connectivity index (χ0n) is 18.0. The Morgan fingerprint density at radius 2 is 1.81 bits per heavy atom. The summed E-state index contributed by atoms with van der Waals surface area (Å²) in [7, 11) is 0. The Morgan fingerprint density at radius 3 is 2.32 bits per heavy atom. The van der Waals surface area contributed by atoms with E-state index in [1.54, 1.807) is 58.9 Å². The second-order valence-corrected chi connectivity index (χ2v) is 11.0. The zero-order chi connectivity index (χ0) is 23.3. The molecule has 0 radical (unpaired) electrons. The standard InChI is InChI=1S/C21H27N3O6S/c1-20(2,3)19(29)30-11-8-6-10(7-9-11)12(22)15(25)23-13-16(26)24-14(18(27)28)21(4,5)31-17(13)24/h6-9,12-14,17H,22H2,1-5H3,(H,23,25)(H,27,28)/t12?,13-,14+,17?/m1/s1. The number of thioether (sulfide) groups is 1. The van der Waals surface area contributed by atoms with Crippen molar-refractivity contribution in [1.29, 1.82) is 0 Å². The number of hydrogen-bond donors (Lipinski definition) is 3. The molecule has 0 aliphatic carbocycles. The molecule has 2 amide bonds. The summed E-state index contributed by atoms with van der Waals surface area (Å²) in [5.41, 5.74) is 5.89. The highest BCUT2D eigenvalue weighted by molar-refractivity contribution is 8.01. The van der Waals surface area contributed by atoms with Crippen LogP contribution in [0.15, 0.2) is 24.3 Å². The van der Waals surface area contributed by atoms with Gasteiger partial charge in [-0.3, -0.25) is 14.4 Å². The Labute approximate surface area is 184 Å². The predicted octanol–water partition coefficient (Wildman–Crippen LogP) is 1.27. The minimum absolute atomic E-state index is 0.338. The second-order valence-electron chi connectivity index (χ2n) is 9.27. The number of carboxylic acids is 1. The summed E-state index contributed by atoms with van der Waals surface area (Å²) >= 11 is 1.35. The van der Waals surface area contributed by atoms with Crippen molar-refractivity contribution in [1.82, 2.24) is 10.2 Å². The number of benzene rings is 1. The minimum atomic E-state index is -1.07. The number of rotatable bonds is 5. The van der Waals surface area contributed by atoms with E-state index in [1.807, 2.05) is 0 Å². The van der Waals surface area contributed by atoms with E-state index in [0.717, 1.165) is 0 Å². The van der Waals surface area contributed by atoms with Crippen molar-refractivity contribution in [3.63, 3.8) is 0 Å². The van der Waals surface area contributed by atoms with Crippen molar-refractivity contribution in [2.45, 2.75) is 62.9 Å². The molecule has 168 valence electrons. The molecule has 1 aromatic carbocycles. The molecule has 0 spiro atoms. The highest BCUT2D eigenvalue weighted by atomic mass is 32.2. The van der Waals surface area contributed by atoms with Gasteiger partial charge in [0, 0.05) is 4.75 Å². The fourth-order valence-electron chi connectivity index (χ4n) is 3.54. The number of nitrogens with zero attached hydrogens (tertiary/aromatic N) is 1. The van der Waals surface area contributed by atoms with Crippen molar-refractivity contribution in [2.24, 2.45) is 11.1 Å². The summed E-state index contributed by atoms with van der Waals surface area (Å²) in [4.78, 5) is 50.0. The Morgan fingerprint density at radius 1 is 1.23 bits per heavy atom. The summed E-state index contributed by atoms with van der Waals surface area (Å²) < 4.78 is 4.62. The van der Waals surface area contributed by atoms with Crippen molar-refractivity contribution in [3.05, 3.63) is 29.8 Å². The van der Waals surface area contributed by atoms with Gasteiger partial charge in [0.15, 0.2) is 0 Å². The first-order valence-corrected chi connectivity index (χ1v) is 10.7. The molecule has 2 unspecified atom stereocenters. The third-order valence-electron chi connectivity index (χ3n) is 5.32. The van der Waals surface area contributed by atoms with E-state index >= 15 is 0 Å². The third-order valence-corrected chi connectivity index (χ3v) is 6.89. The number of fused-ring (bicyclic) bond motifs is 1. The van der Waals surface area contributed by atoms with E-state index in [-0.39, 0.29) is 5.97 Å². The smallest absolute Gasteiger partial charge is 0.327 e. The fraction of sp³-hybridized carbons (Fsp3) is 0.524. The van der Waals surface area contributed by atoms with Crippen molar-refractivity contribution >= 4 is 35.5 Å². The molecule has 2 aliphatic rings. The summed E-state index contributed by atoms with van der Waals surface area (Å²) in [6.07, 6.45) is 0. The lowest BCUT2D eigenvalue weighted by Gasteiger charge is -2.43. The second kappa shape index (κ2) is 7.83. The van der Waals surface area contributed by atoms with Crippen LogP contribution in [0.1, 0.15) is 46.2 Å². The molecule has 4 N–H and O–H groups in total. The van der Waals surface area contributed by atoms with Crippen LogP contribution in [0.5, 0.6) is 5.75 Å². The summed E-state index contributed by atoms with van der Waals surface area (Å²) in [5.74, 6) is -2.09. The average Bonchev–Trinajstić information content (AvgIpc) is 2.93. The molecular weight excluding hydrogens is 422 g/mol. The summed E-state index contributed by atoms with van der Waals surface area (Å²) in [6, 6.07) is 3.46. The first-order chi connectivity index (χ1) is 14.2. The lowest BCUT2D eigenvalue weighted by atomic mass is 9.95. The molecule has 31 heavy (non-hydrogen) atoms. The monoisotopic (exact) mass is 449 g/mol. The van der Waals surface area contributed by atoms with Gasteiger partial charge >= 0.3 is 11.9 Å². The summed E-state index contributed by atoms with van der Waals surface area (Å²) in [5, 5.41) is 11.7. The van der Waals surface area contributed by atoms with Gasteiger partial charge in [-0.15, -0.1) is 11.8 Å². The Kier molecular flexibility index (Phi) is 5.83. The molecule has 0 bridgehead atoms. The lowest BCUT2D eigenvalue weighted by Crippen LogP contribution is -2.71. The molecular formula is C21H27N3O6S. The number of carbonyl (C=O) groups is 4. The van der Waals surface area contributed by atoms with Crippen LogP contribution in [0.2, 0.25) is 0 Å². The van der Waals surface area contributed by atoms with Crippen molar-refractivity contribution in [3.8, 4) is 5.75 Å². The largest absolute Gasteiger partial charge is 0.480 e. The number of nitrogens with one attached hydrogen (secondary N) is 1. The van der Waals surface area contributed by atoms with Crippen LogP contribution in [0.3, 0.4) is 0 Å². The van der Waals surface area contributed by atoms with Crippen LogP contribution >= 0.6 is 11.8 Å². The Hall–Kier alpha value is -2.59. The van der Waals surface area contributed by atoms with Crippen LogP contribution in [0, 0.1) is 5.41 Å². The van der Waals surface area contributed by atoms with E-state index in [4.69, 9.17) is 10.5 Å². The first-order valence-electron chi connectivity index (χ1n) is 9.85. The van der Waals surface area contributed by atoms with Gasteiger partial charge in [0.25, 0.3) is 0 Å². The zero-order valence-corrected chi connectivity index (χ0v) is 18.9. The number of ether oxygens (including phenoxy) is 1. The number of hydrogen-bond acceptors (Lipinski definition) is 7. The molecule has 2 saturated heterocycles. The maximum absolute atomic E-state index is 12.6. The van der Waals surface area contributed by atoms with Crippen molar-refractivity contribution in [2.75, 3.05) is 0 Å². The molecule has 2 fully saturated rings. The van der Waals surface area contributed by atoms with Crippen molar-refractivity contribution < 1.29 is 29.0 Å². The number of β-lactam (4-membered cyclic amide) rings is 1. The Balaban J connectivity index is 1.63. The van der Waals surface area contributed by atoms with Gasteiger partial charge in [0.2, 0.25) is 11.8 Å². The van der Waals surface area contributed by atoms with Gasteiger partial charge < -0.3 is 25.8 Å². The topological polar surface area (TPSA) is 139 Å². The molecule has 0 aromatic heterocycles. The van der Waals surface area contributed by atoms with Crippen LogP contribution in [0.25, 0.3) is 0 Å². The highest BCUT2D eigenvalue weighted by Gasteiger charge is 2.64. The van der Waals surface area contributed by atoms with E-state index < -0.39 is 51.4 Å². The van der Waals surface area contributed by atoms with Crippen LogP contribution in [0.4, 0.5) is 0 Å². The number of carboxylic acid groups (broad SMARTS) is 1. The van der Waals surface area contributed by atoms with Gasteiger partial charge in [-0.25, -0.2) is 4.79 Å². The number of esters is 1. The molecule has 3 rings (SSSR count). The van der Waals surface area contributed by atoms with Crippen LogP contribution in [-0.4, -0.2) is 56.0 Å². The van der Waals surface area contributed by atoms with Gasteiger partial charge in [-0.1, -0.05) is 12.1 Å². The van der Waals surface area contributed by atoms with E-state index in [0.29, 0.717) is 11.3 Å². The van der Waals surface area contributed by atoms with Gasteiger partial charge in [-0.2, -0.15) is 0 Å². The molecule has 9 nitrogen and oxygen atoms in total. The average molecular weight is 450 g/mol. The Bertz CT molecular complexity index is 924. The molecule has 1 aromatic rings. The maximum atomic E-state index is 12.6. The van der Waals surface area contributed by atoms with E-state index in [9.17, 15) is 24.3 Å². The third kappa shape index (κ3) is 4.27. The predicted molar refractivity (Wildman–Crippen MR) is 114 cm³/mol. The van der Waals surface area contributed by atoms with E-state index in [1.165, 1.54) is 16.7 Å². The normalized spacial score (nSPS) is 25.3. The number of carbonyl (C=O) groups excluding carboxylic acids is 3. The molecule has 0 saturated carbocycles. The van der Waals surface area contributed by atoms with Crippen LogP contribution < -0.4 is 15.8 Å². The quantitative estimate of drug-likeness (QED) is 0.347. The van der Waals surface area contributed by atoms with Crippen LogP contribution in [-0.2, 0) is 19.2 Å². The van der Waals surface area contributed by atoms with Gasteiger partial charge in [-0.05, 0) is 52.3 Å². The molecule has 2 aliphatic heterocycles. The SMILES string of the molecule is CC(C)(C)C(=O)Oc1ccc(C(N)C(=O)N[C@@H]2C(=O)N3C2SC(C)(C)[C@@H]3C(=O)O)cc1. The maximum Gasteiger partial charge on any atom is 0.327 e. The number of aliphatic carboxylic acids is 1. The van der Waals surface area contributed by atoms with Gasteiger partial charge in [0.05, 0.1) is 5.41 Å². The minimum Gasteiger partial charge on any atom is -0.480 e. The lowest BCUT2D eigenvalue weighted by molar-refractivity contribution is -0.161. The fourth-order valence-corrected chi connectivity index (χ4v) is 5.17. The summed E-state index contributed by atoms with van der Waals surface area (Å²) in [6.45, 7) is 8.77. The molecule has 2 heterocycles. The van der Waals surface area contributed by atoms with E-state index in [2.05, 4.69) is 5.32 Å².